The lowest BCUT2D eigenvalue weighted by molar-refractivity contribution is 0.568. The average molecular weight is 246 g/mol. The van der Waals surface area contributed by atoms with Gasteiger partial charge in [-0.05, 0) is 20.4 Å². The molecule has 0 saturated carbocycles. The number of hydrogen-bond donors (Lipinski definition) is 1. The minimum Gasteiger partial charge on any atom is -0.330 e. The molecule has 6 nitrogen and oxygen atoms in total. The largest absolute Gasteiger partial charge is 0.330 e. The van der Waals surface area contributed by atoms with Crippen molar-refractivity contribution in [3.05, 3.63) is 11.9 Å². The van der Waals surface area contributed by atoms with Crippen LogP contribution in [0.2, 0.25) is 0 Å². The topological polar surface area (TPSA) is 90.9 Å². The van der Waals surface area contributed by atoms with Crippen molar-refractivity contribution in [2.45, 2.75) is 32.1 Å². The first-order chi connectivity index (χ1) is 7.45. The molecule has 0 unspecified atom stereocenters. The van der Waals surface area contributed by atoms with E-state index < -0.39 is 9.84 Å². The van der Waals surface area contributed by atoms with E-state index in [4.69, 9.17) is 5.73 Å². The molecule has 1 rings (SSSR count). The fraction of sp³-hybridized carbons (Fsp3) is 0.778. The Morgan fingerprint density at radius 1 is 1.50 bits per heavy atom. The zero-order valence-corrected chi connectivity index (χ0v) is 10.4. The van der Waals surface area contributed by atoms with E-state index in [-0.39, 0.29) is 11.0 Å². The minimum absolute atomic E-state index is 0.0933. The fourth-order valence-electron chi connectivity index (χ4n) is 1.17. The lowest BCUT2D eigenvalue weighted by Gasteiger charge is -2.06. The Balaban J connectivity index is 2.55. The summed E-state index contributed by atoms with van der Waals surface area (Å²) < 4.78 is 24.7. The Bertz CT molecular complexity index is 424. The van der Waals surface area contributed by atoms with E-state index in [1.165, 1.54) is 0 Å². The van der Waals surface area contributed by atoms with Crippen LogP contribution in [-0.4, -0.2) is 41.0 Å². The Labute approximate surface area is 95.7 Å². The maximum atomic E-state index is 11.6. The van der Waals surface area contributed by atoms with Crippen LogP contribution in [0.1, 0.15) is 19.5 Å². The summed E-state index contributed by atoms with van der Waals surface area (Å²) in [7, 11) is -3.01. The predicted molar refractivity (Wildman–Crippen MR) is 61.7 cm³/mol. The van der Waals surface area contributed by atoms with Gasteiger partial charge in [0.15, 0.2) is 9.84 Å². The molecule has 2 N–H and O–H groups in total. The summed E-state index contributed by atoms with van der Waals surface area (Å²) in [5.74, 6) is 0.0933. The highest BCUT2D eigenvalue weighted by Crippen LogP contribution is 2.02. The van der Waals surface area contributed by atoms with Crippen LogP contribution in [0.3, 0.4) is 0 Å². The van der Waals surface area contributed by atoms with Crippen molar-refractivity contribution in [3.63, 3.8) is 0 Å². The molecule has 1 aromatic heterocycles. The highest BCUT2D eigenvalue weighted by Gasteiger charge is 2.16. The summed E-state index contributed by atoms with van der Waals surface area (Å²) in [6.07, 6.45) is 2.40. The van der Waals surface area contributed by atoms with Crippen molar-refractivity contribution in [1.82, 2.24) is 15.0 Å². The van der Waals surface area contributed by atoms with Crippen molar-refractivity contribution in [2.24, 2.45) is 5.73 Å². The second-order valence-corrected chi connectivity index (χ2v) is 6.60. The summed E-state index contributed by atoms with van der Waals surface area (Å²) in [6.45, 7) is 4.22. The van der Waals surface area contributed by atoms with E-state index in [2.05, 4.69) is 10.3 Å². The molecule has 0 radical (unpaired) electrons. The maximum Gasteiger partial charge on any atom is 0.154 e. The number of nitrogens with two attached hydrogens (primary N) is 1. The zero-order valence-electron chi connectivity index (χ0n) is 9.63. The molecule has 0 spiro atoms. The molecule has 92 valence electrons. The lowest BCUT2D eigenvalue weighted by Crippen LogP contribution is -2.21. The van der Waals surface area contributed by atoms with Crippen LogP contribution in [0.4, 0.5) is 0 Å². The molecule has 0 aromatic carbocycles. The highest BCUT2D eigenvalue weighted by molar-refractivity contribution is 7.91. The molecule has 0 atom stereocenters. The van der Waals surface area contributed by atoms with Crippen molar-refractivity contribution >= 4 is 9.84 Å². The molecule has 1 heterocycles. The van der Waals surface area contributed by atoms with Crippen LogP contribution in [0.5, 0.6) is 0 Å². The van der Waals surface area contributed by atoms with Crippen LogP contribution < -0.4 is 5.73 Å². The molecule has 0 fully saturated rings. The molecule has 0 saturated heterocycles. The lowest BCUT2D eigenvalue weighted by atomic mass is 10.3. The van der Waals surface area contributed by atoms with Gasteiger partial charge in [0.1, 0.15) is 0 Å². The maximum absolute atomic E-state index is 11.6. The third kappa shape index (κ3) is 3.57. The first-order valence-electron chi connectivity index (χ1n) is 5.26. The van der Waals surface area contributed by atoms with Gasteiger partial charge in [0, 0.05) is 12.6 Å². The summed E-state index contributed by atoms with van der Waals surface area (Å²) in [4.78, 5) is 0. The number of aryl methyl sites for hydroxylation is 1. The highest BCUT2D eigenvalue weighted by atomic mass is 32.2. The van der Waals surface area contributed by atoms with Crippen molar-refractivity contribution in [1.29, 1.82) is 0 Å². The second-order valence-electron chi connectivity index (χ2n) is 3.93. The first kappa shape index (κ1) is 13.1. The molecule has 0 aliphatic rings. The Morgan fingerprint density at radius 3 is 2.75 bits per heavy atom. The van der Waals surface area contributed by atoms with Gasteiger partial charge in [-0.25, -0.2) is 8.42 Å². The van der Waals surface area contributed by atoms with E-state index in [0.29, 0.717) is 19.5 Å². The summed E-state index contributed by atoms with van der Waals surface area (Å²) >= 11 is 0. The number of sulfone groups is 1. The van der Waals surface area contributed by atoms with Crippen LogP contribution in [-0.2, 0) is 22.8 Å². The van der Waals surface area contributed by atoms with Crippen LogP contribution >= 0.6 is 0 Å². The Hall–Kier alpha value is -0.950. The van der Waals surface area contributed by atoms with Gasteiger partial charge in [0.05, 0.1) is 23.2 Å². The Morgan fingerprint density at radius 2 is 2.19 bits per heavy atom. The molecule has 0 aliphatic carbocycles. The van der Waals surface area contributed by atoms with E-state index in [9.17, 15) is 8.42 Å². The van der Waals surface area contributed by atoms with Crippen molar-refractivity contribution in [2.75, 3.05) is 12.3 Å². The van der Waals surface area contributed by atoms with E-state index >= 15 is 0 Å². The quantitative estimate of drug-likeness (QED) is 0.737. The second kappa shape index (κ2) is 5.40. The fourth-order valence-corrected chi connectivity index (χ4v) is 2.08. The SMILES string of the molecule is CC(C)S(=O)(=O)CCn1cc(CCN)nn1. The standard InChI is InChI=1S/C9H18N4O2S/c1-8(2)16(14,15)6-5-13-7-9(3-4-10)11-12-13/h7-8H,3-6,10H2,1-2H3. The van der Waals surface area contributed by atoms with Crippen LogP contribution in [0.25, 0.3) is 0 Å². The summed E-state index contributed by atoms with van der Waals surface area (Å²) in [5, 5.41) is 7.39. The molecule has 0 aliphatic heterocycles. The smallest absolute Gasteiger partial charge is 0.154 e. The van der Waals surface area contributed by atoms with E-state index in [0.717, 1.165) is 5.69 Å². The number of aromatic nitrogens is 3. The molecular weight excluding hydrogens is 228 g/mol. The third-order valence-electron chi connectivity index (χ3n) is 2.31. The summed E-state index contributed by atoms with van der Waals surface area (Å²) in [6, 6.07) is 0. The van der Waals surface area contributed by atoms with E-state index in [1.807, 2.05) is 0 Å². The molecule has 16 heavy (non-hydrogen) atoms. The van der Waals surface area contributed by atoms with Gasteiger partial charge < -0.3 is 5.73 Å². The van der Waals surface area contributed by atoms with Gasteiger partial charge >= 0.3 is 0 Å². The van der Waals surface area contributed by atoms with Gasteiger partial charge in [-0.3, -0.25) is 4.68 Å². The first-order valence-corrected chi connectivity index (χ1v) is 6.98. The average Bonchev–Trinajstić information content (AvgIpc) is 2.63. The Kier molecular flexibility index (Phi) is 4.43. The monoisotopic (exact) mass is 246 g/mol. The normalized spacial score (nSPS) is 12.2. The summed E-state index contributed by atoms with van der Waals surface area (Å²) in [5.41, 5.74) is 6.18. The number of hydrogen-bond acceptors (Lipinski definition) is 5. The van der Waals surface area contributed by atoms with Gasteiger partial charge in [-0.2, -0.15) is 0 Å². The van der Waals surface area contributed by atoms with Crippen molar-refractivity contribution in [3.8, 4) is 0 Å². The molecule has 7 heteroatoms. The third-order valence-corrected chi connectivity index (χ3v) is 4.50. The van der Waals surface area contributed by atoms with Crippen LogP contribution in [0.15, 0.2) is 6.20 Å². The molecule has 0 amide bonds. The van der Waals surface area contributed by atoms with Crippen molar-refractivity contribution < 1.29 is 8.42 Å². The van der Waals surface area contributed by atoms with Crippen LogP contribution in [0, 0.1) is 0 Å². The zero-order chi connectivity index (χ0) is 12.2. The van der Waals surface area contributed by atoms with Gasteiger partial charge in [-0.1, -0.05) is 5.21 Å². The predicted octanol–water partition coefficient (Wildman–Crippen LogP) is -0.397. The molecule has 1 aromatic rings. The molecular formula is C9H18N4O2S. The van der Waals surface area contributed by atoms with Gasteiger partial charge in [-0.15, -0.1) is 5.10 Å². The van der Waals surface area contributed by atoms with Gasteiger partial charge in [0.25, 0.3) is 0 Å². The minimum atomic E-state index is -3.01. The van der Waals surface area contributed by atoms with Gasteiger partial charge in [0.2, 0.25) is 0 Å². The number of rotatable bonds is 6. The number of nitrogens with zero attached hydrogens (tertiary/aromatic N) is 3. The van der Waals surface area contributed by atoms with E-state index in [1.54, 1.807) is 24.7 Å². The molecule has 0 bridgehead atoms.